The molecule has 0 fully saturated rings. The van der Waals surface area contributed by atoms with Crippen molar-refractivity contribution in [1.29, 1.82) is 0 Å². The molecule has 0 amide bonds. The van der Waals surface area contributed by atoms with Crippen molar-refractivity contribution in [3.63, 3.8) is 0 Å². The average Bonchev–Trinajstić information content (AvgIpc) is 3.07. The summed E-state index contributed by atoms with van der Waals surface area (Å²) < 4.78 is 0. The zero-order chi connectivity index (χ0) is 23.6. The molecule has 1 aliphatic carbocycles. The van der Waals surface area contributed by atoms with Crippen LogP contribution in [0.2, 0.25) is 10.0 Å². The van der Waals surface area contributed by atoms with Crippen molar-refractivity contribution in [3.05, 3.63) is 105 Å². The van der Waals surface area contributed by atoms with E-state index in [1.807, 2.05) is 31.3 Å². The highest BCUT2D eigenvalue weighted by molar-refractivity contribution is 6.30. The van der Waals surface area contributed by atoms with Gasteiger partial charge in [-0.3, -0.25) is 0 Å². The van der Waals surface area contributed by atoms with E-state index in [4.69, 9.17) is 23.2 Å². The van der Waals surface area contributed by atoms with E-state index in [0.717, 1.165) is 48.4 Å². The van der Waals surface area contributed by atoms with Gasteiger partial charge >= 0.3 is 0 Å². The monoisotopic (exact) mass is 481 g/mol. The Labute approximate surface area is 208 Å². The molecule has 2 atom stereocenters. The number of carbonyl (C=O) groups is 1. The van der Waals surface area contributed by atoms with Crippen LogP contribution in [0.3, 0.4) is 0 Å². The zero-order valence-corrected chi connectivity index (χ0v) is 20.9. The molecule has 33 heavy (non-hydrogen) atoms. The number of likely N-dealkylation sites (N-methyl/N-ethyl adjacent to an activating group) is 1. The van der Waals surface area contributed by atoms with Gasteiger partial charge in [0.05, 0.1) is 0 Å². The molecular formula is C29H33Cl2NO. The van der Waals surface area contributed by atoms with Gasteiger partial charge in [0.1, 0.15) is 6.29 Å². The summed E-state index contributed by atoms with van der Waals surface area (Å²) in [5.41, 5.74) is 5.46. The van der Waals surface area contributed by atoms with Crippen molar-refractivity contribution in [1.82, 2.24) is 5.32 Å². The second-order valence-electron chi connectivity index (χ2n) is 8.81. The van der Waals surface area contributed by atoms with Crippen LogP contribution in [0.1, 0.15) is 47.9 Å². The van der Waals surface area contributed by atoms with Crippen LogP contribution in [-0.2, 0) is 24.1 Å². The number of hydrogen-bond acceptors (Lipinski definition) is 2. The standard InChI is InChI=1S/C17H19Cl2N.C12H14O/c1-12(20-2)17(14-5-9-16(19)10-6-14)11-13-3-7-15(18)8-4-13;13-9-10-5-7-11-3-1-2-4-12(11)8-6-10/h3-10,12,17,20H,11H2,1-2H3;1-4,9-10H,5-8H2. The lowest BCUT2D eigenvalue weighted by atomic mass is 9.86. The van der Waals surface area contributed by atoms with Crippen molar-refractivity contribution in [2.24, 2.45) is 5.92 Å². The second kappa shape index (κ2) is 12.9. The first kappa shape index (κ1) is 25.5. The molecule has 0 aromatic heterocycles. The molecule has 0 aliphatic heterocycles. The predicted octanol–water partition coefficient (Wildman–Crippen LogP) is 7.31. The fourth-order valence-electron chi connectivity index (χ4n) is 4.38. The molecule has 4 heteroatoms. The van der Waals surface area contributed by atoms with Crippen LogP contribution in [0, 0.1) is 5.92 Å². The van der Waals surface area contributed by atoms with Gasteiger partial charge in [0, 0.05) is 27.9 Å². The Bertz CT molecular complexity index is 974. The molecule has 0 saturated carbocycles. The van der Waals surface area contributed by atoms with E-state index in [1.54, 1.807) is 0 Å². The summed E-state index contributed by atoms with van der Waals surface area (Å²) in [5, 5.41) is 4.90. The Balaban J connectivity index is 0.000000203. The first-order valence-electron chi connectivity index (χ1n) is 11.7. The van der Waals surface area contributed by atoms with Gasteiger partial charge in [0.15, 0.2) is 0 Å². The van der Waals surface area contributed by atoms with E-state index >= 15 is 0 Å². The fourth-order valence-corrected chi connectivity index (χ4v) is 4.63. The van der Waals surface area contributed by atoms with Crippen molar-refractivity contribution in [2.75, 3.05) is 7.05 Å². The highest BCUT2D eigenvalue weighted by Gasteiger charge is 2.18. The average molecular weight is 482 g/mol. The van der Waals surface area contributed by atoms with Gasteiger partial charge in [-0.2, -0.15) is 0 Å². The molecule has 1 N–H and O–H groups in total. The molecule has 3 aromatic carbocycles. The van der Waals surface area contributed by atoms with Gasteiger partial charge in [0.2, 0.25) is 0 Å². The minimum absolute atomic E-state index is 0.285. The largest absolute Gasteiger partial charge is 0.317 e. The molecule has 0 saturated heterocycles. The van der Waals surface area contributed by atoms with Crippen LogP contribution in [0.5, 0.6) is 0 Å². The first-order valence-corrected chi connectivity index (χ1v) is 12.4. The lowest BCUT2D eigenvalue weighted by Crippen LogP contribution is -2.30. The normalized spacial score (nSPS) is 15.4. The summed E-state index contributed by atoms with van der Waals surface area (Å²) in [5.74, 6) is 0.686. The highest BCUT2D eigenvalue weighted by atomic mass is 35.5. The van der Waals surface area contributed by atoms with Crippen LogP contribution in [-0.4, -0.2) is 19.4 Å². The van der Waals surface area contributed by atoms with Gasteiger partial charge in [0.25, 0.3) is 0 Å². The molecule has 174 valence electrons. The molecule has 1 aliphatic rings. The topological polar surface area (TPSA) is 29.1 Å². The highest BCUT2D eigenvalue weighted by Crippen LogP contribution is 2.26. The fraction of sp³-hybridized carbons (Fsp3) is 0.345. The van der Waals surface area contributed by atoms with Crippen molar-refractivity contribution < 1.29 is 4.79 Å². The Morgan fingerprint density at radius 3 is 1.88 bits per heavy atom. The van der Waals surface area contributed by atoms with E-state index in [-0.39, 0.29) is 5.92 Å². The number of halogens is 2. The number of benzene rings is 3. The van der Waals surface area contributed by atoms with E-state index in [1.165, 1.54) is 22.3 Å². The van der Waals surface area contributed by atoms with E-state index in [2.05, 4.69) is 60.8 Å². The zero-order valence-electron chi connectivity index (χ0n) is 19.4. The van der Waals surface area contributed by atoms with Gasteiger partial charge in [-0.05, 0) is 92.6 Å². The van der Waals surface area contributed by atoms with E-state index < -0.39 is 0 Å². The lowest BCUT2D eigenvalue weighted by molar-refractivity contribution is -0.111. The summed E-state index contributed by atoms with van der Waals surface area (Å²) in [6, 6.07) is 25.1. The summed E-state index contributed by atoms with van der Waals surface area (Å²) >= 11 is 11.9. The first-order chi connectivity index (χ1) is 16.0. The number of hydrogen-bond donors (Lipinski definition) is 1. The summed E-state index contributed by atoms with van der Waals surface area (Å²) in [6.07, 6.45) is 6.28. The van der Waals surface area contributed by atoms with Crippen LogP contribution in [0.4, 0.5) is 0 Å². The molecule has 0 spiro atoms. The third-order valence-electron chi connectivity index (χ3n) is 6.61. The van der Waals surface area contributed by atoms with E-state index in [0.29, 0.717) is 12.0 Å². The Hall–Kier alpha value is -2.13. The molecule has 0 bridgehead atoms. The molecule has 3 aromatic rings. The molecule has 0 heterocycles. The third kappa shape index (κ3) is 7.71. The Kier molecular flexibility index (Phi) is 9.99. The van der Waals surface area contributed by atoms with Crippen molar-refractivity contribution in [2.45, 2.75) is 51.0 Å². The quantitative estimate of drug-likeness (QED) is 0.295. The number of fused-ring (bicyclic) bond motifs is 1. The number of aryl methyl sites for hydroxylation is 2. The maximum Gasteiger partial charge on any atom is 0.123 e. The van der Waals surface area contributed by atoms with Crippen LogP contribution in [0.15, 0.2) is 72.8 Å². The molecule has 4 rings (SSSR count). The molecule has 2 unspecified atom stereocenters. The second-order valence-corrected chi connectivity index (χ2v) is 9.68. The number of aldehydes is 1. The smallest absolute Gasteiger partial charge is 0.123 e. The summed E-state index contributed by atoms with van der Waals surface area (Å²) in [6.45, 7) is 2.20. The van der Waals surface area contributed by atoms with Crippen molar-refractivity contribution >= 4 is 29.5 Å². The van der Waals surface area contributed by atoms with E-state index in [9.17, 15) is 4.79 Å². The minimum Gasteiger partial charge on any atom is -0.317 e. The van der Waals surface area contributed by atoms with Gasteiger partial charge in [-0.15, -0.1) is 0 Å². The number of carbonyl (C=O) groups excluding carboxylic acids is 1. The maximum absolute atomic E-state index is 10.7. The van der Waals surface area contributed by atoms with Gasteiger partial charge in [-0.25, -0.2) is 0 Å². The predicted molar refractivity (Wildman–Crippen MR) is 141 cm³/mol. The number of rotatable bonds is 6. The maximum atomic E-state index is 10.7. The Morgan fingerprint density at radius 2 is 1.39 bits per heavy atom. The van der Waals surface area contributed by atoms with Gasteiger partial charge < -0.3 is 10.1 Å². The SMILES string of the molecule is CNC(C)C(Cc1ccc(Cl)cc1)c1ccc(Cl)cc1.O=CC1CCc2ccccc2CC1. The summed E-state index contributed by atoms with van der Waals surface area (Å²) in [7, 11) is 2.00. The number of nitrogens with one attached hydrogen (secondary N) is 1. The van der Waals surface area contributed by atoms with Crippen LogP contribution < -0.4 is 5.32 Å². The third-order valence-corrected chi connectivity index (χ3v) is 7.11. The van der Waals surface area contributed by atoms with Crippen LogP contribution >= 0.6 is 23.2 Å². The minimum atomic E-state index is 0.285. The van der Waals surface area contributed by atoms with Crippen LogP contribution in [0.25, 0.3) is 0 Å². The van der Waals surface area contributed by atoms with Crippen molar-refractivity contribution in [3.8, 4) is 0 Å². The molecule has 0 radical (unpaired) electrons. The molecular weight excluding hydrogens is 449 g/mol. The Morgan fingerprint density at radius 1 is 0.879 bits per heavy atom. The summed E-state index contributed by atoms with van der Waals surface area (Å²) in [4.78, 5) is 10.7. The lowest BCUT2D eigenvalue weighted by Gasteiger charge is -2.24. The molecule has 2 nitrogen and oxygen atoms in total. The van der Waals surface area contributed by atoms with Gasteiger partial charge in [-0.1, -0.05) is 71.7 Å².